The summed E-state index contributed by atoms with van der Waals surface area (Å²) in [6.07, 6.45) is 1.78. The lowest BCUT2D eigenvalue weighted by molar-refractivity contribution is 0.670. The van der Waals surface area contributed by atoms with Gasteiger partial charge < -0.3 is 4.42 Å². The molecule has 5 aromatic rings. The van der Waals surface area contributed by atoms with E-state index in [1.54, 1.807) is 18.3 Å². The number of nitrogens with zero attached hydrogens (tertiary/aromatic N) is 1. The number of aromatic nitrogens is 1. The zero-order valence-corrected chi connectivity index (χ0v) is 13.9. The second-order valence-corrected chi connectivity index (χ2v) is 6.29. The van der Waals surface area contributed by atoms with Gasteiger partial charge in [0.2, 0.25) is 0 Å². The molecule has 0 aliphatic carbocycles. The van der Waals surface area contributed by atoms with Crippen LogP contribution in [-0.2, 0) is 0 Å². The van der Waals surface area contributed by atoms with E-state index >= 15 is 0 Å². The molecule has 124 valence electrons. The number of hydrogen-bond acceptors (Lipinski definition) is 2. The molecule has 0 saturated heterocycles. The van der Waals surface area contributed by atoms with Crippen molar-refractivity contribution in [3.8, 4) is 22.4 Å². The van der Waals surface area contributed by atoms with E-state index in [1.165, 1.54) is 0 Å². The number of pyridine rings is 1. The first-order chi connectivity index (χ1) is 14.0. The van der Waals surface area contributed by atoms with Gasteiger partial charge in [-0.15, -0.1) is 0 Å². The molecule has 3 aromatic carbocycles. The van der Waals surface area contributed by atoms with Crippen molar-refractivity contribution in [3.05, 3.63) is 90.6 Å². The first-order valence-corrected chi connectivity index (χ1v) is 8.48. The van der Waals surface area contributed by atoms with Crippen LogP contribution < -0.4 is 0 Å². The molecule has 2 nitrogen and oxygen atoms in total. The predicted molar refractivity (Wildman–Crippen MR) is 107 cm³/mol. The molecule has 0 amide bonds. The molecule has 26 heavy (non-hydrogen) atoms. The van der Waals surface area contributed by atoms with Crippen LogP contribution in [-0.4, -0.2) is 4.98 Å². The Labute approximate surface area is 156 Å². The van der Waals surface area contributed by atoms with E-state index in [0.29, 0.717) is 5.56 Å². The van der Waals surface area contributed by atoms with Gasteiger partial charge in [-0.05, 0) is 48.3 Å². The van der Waals surface area contributed by atoms with Gasteiger partial charge >= 0.3 is 0 Å². The number of benzene rings is 3. The Hall–Kier alpha value is -3.39. The second kappa shape index (κ2) is 5.85. The summed E-state index contributed by atoms with van der Waals surface area (Å²) in [5, 5.41) is 2.09. The fourth-order valence-electron chi connectivity index (χ4n) is 3.36. The molecule has 5 rings (SSSR count). The van der Waals surface area contributed by atoms with Crippen LogP contribution in [0.15, 0.2) is 89.5 Å². The average Bonchev–Trinajstić information content (AvgIpc) is 3.12. The van der Waals surface area contributed by atoms with Crippen molar-refractivity contribution < 1.29 is 8.53 Å². The molecule has 0 saturated carbocycles. The van der Waals surface area contributed by atoms with Gasteiger partial charge in [0, 0.05) is 26.6 Å². The van der Waals surface area contributed by atoms with Crippen LogP contribution in [0.2, 0.25) is 0 Å². The van der Waals surface area contributed by atoms with Crippen LogP contribution in [0.5, 0.6) is 0 Å². The molecule has 0 aliphatic heterocycles. The number of hydrogen-bond donors (Lipinski definition) is 0. The topological polar surface area (TPSA) is 26.0 Å². The van der Waals surface area contributed by atoms with E-state index in [1.807, 2.05) is 54.6 Å². The minimum atomic E-state index is -2.09. The van der Waals surface area contributed by atoms with Gasteiger partial charge in [-0.3, -0.25) is 4.98 Å². The second-order valence-electron chi connectivity index (χ2n) is 6.29. The Morgan fingerprint density at radius 1 is 0.808 bits per heavy atom. The number of para-hydroxylation sites is 1. The summed E-state index contributed by atoms with van der Waals surface area (Å²) in [6.45, 7) is -2.09. The smallest absolute Gasteiger partial charge is 0.144 e. The molecular weight excluding hydrogens is 318 g/mol. The molecule has 0 radical (unpaired) electrons. The molecule has 2 heterocycles. The Morgan fingerprint density at radius 2 is 1.69 bits per heavy atom. The highest BCUT2D eigenvalue weighted by atomic mass is 16.3. The van der Waals surface area contributed by atoms with E-state index in [9.17, 15) is 0 Å². The van der Waals surface area contributed by atoms with Gasteiger partial charge in [0.05, 0.1) is 5.69 Å². The average molecular weight is 338 g/mol. The summed E-state index contributed by atoms with van der Waals surface area (Å²) < 4.78 is 28.8. The highest BCUT2D eigenvalue weighted by molar-refractivity contribution is 6.10. The molecule has 2 aromatic heterocycles. The molecule has 0 unspecified atom stereocenters. The summed E-state index contributed by atoms with van der Waals surface area (Å²) in [5.74, 6) is 0. The number of rotatable bonds is 2. The molecule has 0 fully saturated rings. The van der Waals surface area contributed by atoms with Crippen molar-refractivity contribution >= 4 is 21.9 Å². The summed E-state index contributed by atoms with van der Waals surface area (Å²) >= 11 is 0. The van der Waals surface area contributed by atoms with Gasteiger partial charge in [0.1, 0.15) is 11.2 Å². The SMILES string of the molecule is [2H]C([2H])([2H])c1ccc(-c2ccc3c(c2)oc2c(-c4ccccn4)cccc23)cc1. The van der Waals surface area contributed by atoms with E-state index < -0.39 is 6.85 Å². The molecule has 2 heteroatoms. The van der Waals surface area contributed by atoms with E-state index in [0.717, 1.165) is 44.3 Å². The molecule has 0 aliphatic rings. The van der Waals surface area contributed by atoms with Crippen molar-refractivity contribution in [2.45, 2.75) is 6.85 Å². The maximum Gasteiger partial charge on any atom is 0.144 e. The van der Waals surface area contributed by atoms with Gasteiger partial charge in [0.25, 0.3) is 0 Å². The van der Waals surface area contributed by atoms with Crippen LogP contribution >= 0.6 is 0 Å². The van der Waals surface area contributed by atoms with Crippen molar-refractivity contribution in [1.82, 2.24) is 4.98 Å². The zero-order chi connectivity index (χ0) is 20.0. The van der Waals surface area contributed by atoms with E-state index in [-0.39, 0.29) is 0 Å². The highest BCUT2D eigenvalue weighted by Gasteiger charge is 2.13. The molecule has 0 bridgehead atoms. The third kappa shape index (κ3) is 2.39. The molecule has 0 spiro atoms. The zero-order valence-electron chi connectivity index (χ0n) is 16.9. The summed E-state index contributed by atoms with van der Waals surface area (Å²) in [4.78, 5) is 4.46. The fourth-order valence-corrected chi connectivity index (χ4v) is 3.36. The van der Waals surface area contributed by atoms with E-state index in [4.69, 9.17) is 8.53 Å². The van der Waals surface area contributed by atoms with Crippen molar-refractivity contribution in [2.75, 3.05) is 0 Å². The minimum absolute atomic E-state index is 0.339. The normalized spacial score (nSPS) is 13.5. The Balaban J connectivity index is 1.63. The third-order valence-electron chi connectivity index (χ3n) is 4.66. The maximum absolute atomic E-state index is 7.52. The number of aryl methyl sites for hydroxylation is 1. The van der Waals surface area contributed by atoms with Crippen LogP contribution in [0.25, 0.3) is 44.3 Å². The third-order valence-corrected chi connectivity index (χ3v) is 4.66. The standard InChI is InChI=1S/C24H17NO/c1-16-8-10-17(11-9-16)18-12-13-19-20-5-4-6-21(22-7-2-3-14-25-22)24(20)26-23(19)15-18/h2-15H,1H3/i1D3. The van der Waals surface area contributed by atoms with Gasteiger partial charge in [-0.25, -0.2) is 0 Å². The van der Waals surface area contributed by atoms with Gasteiger partial charge in [-0.1, -0.05) is 54.1 Å². The van der Waals surface area contributed by atoms with Crippen LogP contribution in [0.3, 0.4) is 0 Å². The quantitative estimate of drug-likeness (QED) is 0.361. The van der Waals surface area contributed by atoms with Gasteiger partial charge in [-0.2, -0.15) is 0 Å². The predicted octanol–water partition coefficient (Wildman–Crippen LogP) is 6.62. The van der Waals surface area contributed by atoms with Crippen LogP contribution in [0.4, 0.5) is 0 Å². The van der Waals surface area contributed by atoms with Crippen molar-refractivity contribution in [3.63, 3.8) is 0 Å². The first kappa shape index (κ1) is 12.0. The van der Waals surface area contributed by atoms with Crippen LogP contribution in [0.1, 0.15) is 9.68 Å². The Morgan fingerprint density at radius 3 is 2.50 bits per heavy atom. The molecular formula is C24H17NO. The lowest BCUT2D eigenvalue weighted by atomic mass is 10.0. The van der Waals surface area contributed by atoms with Crippen molar-refractivity contribution in [2.24, 2.45) is 0 Å². The Bertz CT molecular complexity index is 1320. The number of furan rings is 1. The number of fused-ring (bicyclic) bond motifs is 3. The fraction of sp³-hybridized carbons (Fsp3) is 0.0417. The Kier molecular flexibility index (Phi) is 2.71. The largest absolute Gasteiger partial charge is 0.455 e. The summed E-state index contributed by atoms with van der Waals surface area (Å²) in [5.41, 5.74) is 5.71. The monoisotopic (exact) mass is 338 g/mol. The lowest BCUT2D eigenvalue weighted by Gasteiger charge is -2.02. The summed E-state index contributed by atoms with van der Waals surface area (Å²) in [7, 11) is 0. The first-order valence-electron chi connectivity index (χ1n) is 9.98. The molecule has 0 N–H and O–H groups in total. The molecule has 0 atom stereocenters. The maximum atomic E-state index is 7.52. The van der Waals surface area contributed by atoms with Crippen molar-refractivity contribution in [1.29, 1.82) is 0 Å². The minimum Gasteiger partial charge on any atom is -0.455 e. The summed E-state index contributed by atoms with van der Waals surface area (Å²) in [6, 6.07) is 25.0. The van der Waals surface area contributed by atoms with E-state index in [2.05, 4.69) is 17.1 Å². The van der Waals surface area contributed by atoms with Gasteiger partial charge in [0.15, 0.2) is 0 Å². The highest BCUT2D eigenvalue weighted by Crippen LogP contribution is 2.36. The lowest BCUT2D eigenvalue weighted by Crippen LogP contribution is -1.81. The van der Waals surface area contributed by atoms with Crippen LogP contribution in [0, 0.1) is 6.85 Å².